The lowest BCUT2D eigenvalue weighted by Gasteiger charge is -2.11. The predicted molar refractivity (Wildman–Crippen MR) is 83.3 cm³/mol. The van der Waals surface area contributed by atoms with E-state index in [0.29, 0.717) is 0 Å². The molecule has 2 aromatic rings. The highest BCUT2D eigenvalue weighted by Gasteiger charge is 2.13. The van der Waals surface area contributed by atoms with Crippen LogP contribution in [0.4, 0.5) is 0 Å². The molecule has 0 saturated carbocycles. The summed E-state index contributed by atoms with van der Waals surface area (Å²) in [6, 6.07) is 10.1. The van der Waals surface area contributed by atoms with Crippen LogP contribution in [-0.4, -0.2) is 7.11 Å². The molecule has 0 amide bonds. The summed E-state index contributed by atoms with van der Waals surface area (Å²) in [6.45, 7) is 0. The molecule has 1 unspecified atom stereocenters. The van der Waals surface area contributed by atoms with Crippen LogP contribution in [0.3, 0.4) is 0 Å². The van der Waals surface area contributed by atoms with Crippen molar-refractivity contribution in [3.8, 4) is 5.75 Å². The molecule has 0 radical (unpaired) electrons. The van der Waals surface area contributed by atoms with E-state index in [9.17, 15) is 0 Å². The fourth-order valence-electron chi connectivity index (χ4n) is 1.73. The highest BCUT2D eigenvalue weighted by Crippen LogP contribution is 2.35. The van der Waals surface area contributed by atoms with Gasteiger partial charge in [-0.15, -0.1) is 11.3 Å². The fourth-order valence-corrected chi connectivity index (χ4v) is 4.73. The Bertz CT molecular complexity index is 524. The first-order valence-corrected chi connectivity index (χ1v) is 7.83. The van der Waals surface area contributed by atoms with Gasteiger partial charge in [0.1, 0.15) is 5.75 Å². The van der Waals surface area contributed by atoms with Crippen LogP contribution in [0, 0.1) is 0 Å². The van der Waals surface area contributed by atoms with Crippen molar-refractivity contribution in [1.82, 2.24) is 0 Å². The van der Waals surface area contributed by atoms with Crippen molar-refractivity contribution in [2.75, 3.05) is 7.11 Å². The zero-order valence-electron chi connectivity index (χ0n) is 9.82. The van der Waals surface area contributed by atoms with E-state index in [1.807, 2.05) is 24.3 Å². The topological polar surface area (TPSA) is 35.2 Å². The van der Waals surface area contributed by atoms with Gasteiger partial charge in [-0.2, -0.15) is 0 Å². The van der Waals surface area contributed by atoms with Gasteiger partial charge in [0.2, 0.25) is 0 Å². The lowest BCUT2D eigenvalue weighted by atomic mass is 10.0. The average Bonchev–Trinajstić information content (AvgIpc) is 2.69. The minimum atomic E-state index is -0.00433. The van der Waals surface area contributed by atoms with Gasteiger partial charge in [-0.1, -0.05) is 12.1 Å². The average molecular weight is 391 g/mol. The van der Waals surface area contributed by atoms with Gasteiger partial charge >= 0.3 is 0 Å². The molecule has 0 aliphatic heterocycles. The fraction of sp³-hybridized carbons (Fsp3) is 0.231. The van der Waals surface area contributed by atoms with Gasteiger partial charge in [0, 0.05) is 6.04 Å². The number of halogens is 2. The highest BCUT2D eigenvalue weighted by molar-refractivity contribution is 9.12. The summed E-state index contributed by atoms with van der Waals surface area (Å²) in [7, 11) is 1.67. The minimum Gasteiger partial charge on any atom is -0.497 e. The molecular formula is C13H13Br2NOS. The number of ether oxygens (including phenoxy) is 1. The Labute approximate surface area is 127 Å². The van der Waals surface area contributed by atoms with Crippen LogP contribution in [0.2, 0.25) is 0 Å². The Kier molecular flexibility index (Phi) is 4.84. The lowest BCUT2D eigenvalue weighted by Crippen LogP contribution is -2.12. The summed E-state index contributed by atoms with van der Waals surface area (Å²) in [6.07, 6.45) is 0.811. The van der Waals surface area contributed by atoms with Gasteiger partial charge in [0.15, 0.2) is 0 Å². The van der Waals surface area contributed by atoms with E-state index in [-0.39, 0.29) is 6.04 Å². The third-order valence-corrected chi connectivity index (χ3v) is 5.08. The number of hydrogen-bond donors (Lipinski definition) is 1. The van der Waals surface area contributed by atoms with Gasteiger partial charge in [-0.3, -0.25) is 0 Å². The Balaban J connectivity index is 2.10. The summed E-state index contributed by atoms with van der Waals surface area (Å²) < 4.78 is 7.32. The second-order valence-electron chi connectivity index (χ2n) is 3.94. The molecule has 18 heavy (non-hydrogen) atoms. The minimum absolute atomic E-state index is 0.00433. The standard InChI is InChI=1S/C13H13Br2NOS/c1-17-9-4-2-8(3-5-9)6-11(16)10-7-12(14)18-13(10)15/h2-5,7,11H,6,16H2,1H3. The van der Waals surface area contributed by atoms with Crippen molar-refractivity contribution in [2.45, 2.75) is 12.5 Å². The quantitative estimate of drug-likeness (QED) is 0.832. The zero-order valence-corrected chi connectivity index (χ0v) is 13.8. The third kappa shape index (κ3) is 3.35. The van der Waals surface area contributed by atoms with E-state index < -0.39 is 0 Å². The Morgan fingerprint density at radius 3 is 2.44 bits per heavy atom. The van der Waals surface area contributed by atoms with Crippen LogP contribution in [0.25, 0.3) is 0 Å². The Morgan fingerprint density at radius 1 is 1.28 bits per heavy atom. The van der Waals surface area contributed by atoms with E-state index in [1.54, 1.807) is 18.4 Å². The maximum absolute atomic E-state index is 6.24. The molecule has 5 heteroatoms. The first-order chi connectivity index (χ1) is 8.60. The first kappa shape index (κ1) is 14.1. The van der Waals surface area contributed by atoms with Crippen molar-refractivity contribution in [1.29, 1.82) is 0 Å². The molecule has 0 aliphatic rings. The molecule has 1 heterocycles. The molecule has 0 fully saturated rings. The third-order valence-electron chi connectivity index (χ3n) is 2.70. The number of benzene rings is 1. The van der Waals surface area contributed by atoms with Crippen molar-refractivity contribution >= 4 is 43.2 Å². The van der Waals surface area contributed by atoms with Gasteiger partial charge in [-0.25, -0.2) is 0 Å². The number of hydrogen-bond acceptors (Lipinski definition) is 3. The molecule has 2 N–H and O–H groups in total. The number of methoxy groups -OCH3 is 1. The van der Waals surface area contributed by atoms with Crippen LogP contribution in [0.5, 0.6) is 5.75 Å². The molecule has 0 spiro atoms. The van der Waals surface area contributed by atoms with E-state index in [4.69, 9.17) is 10.5 Å². The molecule has 2 nitrogen and oxygen atoms in total. The van der Waals surface area contributed by atoms with Crippen molar-refractivity contribution < 1.29 is 4.74 Å². The van der Waals surface area contributed by atoms with Gasteiger partial charge in [-0.05, 0) is 67.6 Å². The van der Waals surface area contributed by atoms with Crippen LogP contribution in [0.15, 0.2) is 37.9 Å². The molecule has 1 atom stereocenters. The Morgan fingerprint density at radius 2 is 1.94 bits per heavy atom. The van der Waals surface area contributed by atoms with Crippen molar-refractivity contribution in [3.05, 3.63) is 49.0 Å². The summed E-state index contributed by atoms with van der Waals surface area (Å²) in [5.41, 5.74) is 8.58. The van der Waals surface area contributed by atoms with Crippen LogP contribution in [-0.2, 0) is 6.42 Å². The largest absolute Gasteiger partial charge is 0.497 e. The molecule has 96 valence electrons. The second-order valence-corrected chi connectivity index (χ2v) is 7.69. The monoisotopic (exact) mass is 389 g/mol. The summed E-state index contributed by atoms with van der Waals surface area (Å²) in [5, 5.41) is 0. The van der Waals surface area contributed by atoms with E-state index in [1.165, 1.54) is 5.56 Å². The van der Waals surface area contributed by atoms with Crippen LogP contribution < -0.4 is 10.5 Å². The summed E-state index contributed by atoms with van der Waals surface area (Å²) in [4.78, 5) is 0. The first-order valence-electron chi connectivity index (χ1n) is 5.43. The van der Waals surface area contributed by atoms with E-state index >= 15 is 0 Å². The smallest absolute Gasteiger partial charge is 0.118 e. The molecule has 1 aromatic carbocycles. The zero-order chi connectivity index (χ0) is 13.1. The van der Waals surface area contributed by atoms with E-state index in [0.717, 1.165) is 25.3 Å². The van der Waals surface area contributed by atoms with Gasteiger partial charge < -0.3 is 10.5 Å². The molecule has 1 aromatic heterocycles. The molecule has 0 bridgehead atoms. The maximum atomic E-state index is 6.24. The number of nitrogens with two attached hydrogens (primary N) is 1. The van der Waals surface area contributed by atoms with Gasteiger partial charge in [0.05, 0.1) is 14.7 Å². The SMILES string of the molecule is COc1ccc(CC(N)c2cc(Br)sc2Br)cc1. The van der Waals surface area contributed by atoms with Crippen LogP contribution >= 0.6 is 43.2 Å². The molecule has 0 saturated heterocycles. The van der Waals surface area contributed by atoms with Crippen molar-refractivity contribution in [2.24, 2.45) is 5.73 Å². The highest BCUT2D eigenvalue weighted by atomic mass is 79.9. The van der Waals surface area contributed by atoms with E-state index in [2.05, 4.69) is 37.9 Å². The molecule has 2 rings (SSSR count). The molecular weight excluding hydrogens is 378 g/mol. The predicted octanol–water partition coefficient (Wildman–Crippen LogP) is 4.52. The Hall–Kier alpha value is -0.360. The lowest BCUT2D eigenvalue weighted by molar-refractivity contribution is 0.414. The maximum Gasteiger partial charge on any atom is 0.118 e. The van der Waals surface area contributed by atoms with Gasteiger partial charge in [0.25, 0.3) is 0 Å². The van der Waals surface area contributed by atoms with Crippen molar-refractivity contribution in [3.63, 3.8) is 0 Å². The van der Waals surface area contributed by atoms with Crippen LogP contribution in [0.1, 0.15) is 17.2 Å². The molecule has 0 aliphatic carbocycles. The summed E-state index contributed by atoms with van der Waals surface area (Å²) in [5.74, 6) is 0.867. The summed E-state index contributed by atoms with van der Waals surface area (Å²) >= 11 is 8.66. The number of thiophene rings is 1. The number of rotatable bonds is 4. The second kappa shape index (κ2) is 6.19. The normalized spacial score (nSPS) is 12.4.